The Labute approximate surface area is 434 Å². The van der Waals surface area contributed by atoms with Crippen LogP contribution in [-0.4, -0.2) is 120 Å². The number of amides is 3. The fraction of sp³-hybridized carbons (Fsp3) is 0.564. The molecular weight excluding hydrogens is 944 g/mol. The second-order valence-electron chi connectivity index (χ2n) is 21.8. The van der Waals surface area contributed by atoms with Crippen molar-refractivity contribution in [2.45, 2.75) is 136 Å². The topological polar surface area (TPSA) is 194 Å². The van der Waals surface area contributed by atoms with E-state index in [1.807, 2.05) is 6.07 Å². The number of nitrogens with zero attached hydrogens (tertiary/aromatic N) is 9. The predicted molar refractivity (Wildman–Crippen MR) is 283 cm³/mol. The van der Waals surface area contributed by atoms with Gasteiger partial charge in [-0.1, -0.05) is 59.1 Å². The van der Waals surface area contributed by atoms with E-state index < -0.39 is 0 Å². The number of benzene rings is 2. The second-order valence-corrected chi connectivity index (χ2v) is 22.3. The molecule has 18 heteroatoms. The third-order valence-electron chi connectivity index (χ3n) is 16.4. The number of piperidine rings is 2. The third-order valence-corrected chi connectivity index (χ3v) is 16.7. The summed E-state index contributed by atoms with van der Waals surface area (Å²) in [4.78, 5) is 67.8. The molecule has 2 saturated carbocycles. The lowest BCUT2D eigenvalue weighted by atomic mass is 9.49. The van der Waals surface area contributed by atoms with Gasteiger partial charge in [0.1, 0.15) is 35.4 Å². The highest BCUT2D eigenvalue weighted by Crippen LogP contribution is 2.56. The molecule has 2 aromatic carbocycles. The van der Waals surface area contributed by atoms with Crippen LogP contribution in [0.4, 0.5) is 29.1 Å². The molecule has 0 radical (unpaired) electrons. The molecule has 4 aromatic rings. The van der Waals surface area contributed by atoms with Crippen LogP contribution in [0, 0.1) is 28.1 Å². The molecule has 1 atom stereocenters. The monoisotopic (exact) mass is 1010 g/mol. The molecule has 17 nitrogen and oxygen atoms in total. The molecule has 2 aliphatic carbocycles. The molecule has 2 saturated heterocycles. The molecular formula is C55H71ClN12O5. The molecule has 0 spiro atoms. The number of nitrogens with one attached hydrogen (secondary N) is 3. The van der Waals surface area contributed by atoms with Crippen molar-refractivity contribution in [3.63, 3.8) is 0 Å². The highest BCUT2D eigenvalue weighted by molar-refractivity contribution is 6.31. The summed E-state index contributed by atoms with van der Waals surface area (Å²) in [6.45, 7) is 15.1. The fourth-order valence-corrected chi connectivity index (χ4v) is 12.7. The molecule has 4 fully saturated rings. The average Bonchev–Trinajstić information content (AvgIpc) is 3.93. The van der Waals surface area contributed by atoms with Gasteiger partial charge < -0.3 is 45.0 Å². The molecule has 388 valence electrons. The van der Waals surface area contributed by atoms with Gasteiger partial charge in [0.2, 0.25) is 17.8 Å². The van der Waals surface area contributed by atoms with E-state index in [1.165, 1.54) is 6.42 Å². The van der Waals surface area contributed by atoms with Crippen molar-refractivity contribution in [2.24, 2.45) is 16.7 Å². The Balaban J connectivity index is 0.686. The zero-order valence-electron chi connectivity index (χ0n) is 43.4. The van der Waals surface area contributed by atoms with E-state index in [0.29, 0.717) is 68.8 Å². The Hall–Kier alpha value is -6.25. The SMILES string of the molecule is CC[C@@H]1C(=O)N(C)c2cnc(Nc3ccc(C(=O)NC4CCN(CCCC5CCN(c6ncc(C(=O)NC7C(C)(C)C(Oc8ccc(C#N)c(Cl)c8)C7(C)C)cn6)CC5)CC4)cc3OC)nc2N1C1CCCC1. The van der Waals surface area contributed by atoms with Gasteiger partial charge in [-0.05, 0) is 101 Å². The third kappa shape index (κ3) is 10.7. The summed E-state index contributed by atoms with van der Waals surface area (Å²) in [6, 6.07) is 12.5. The lowest BCUT2D eigenvalue weighted by Crippen LogP contribution is -2.74. The number of likely N-dealkylation sites (N-methyl/N-ethyl adjacent to an activating group) is 1. The molecule has 0 unspecified atom stereocenters. The van der Waals surface area contributed by atoms with E-state index in [9.17, 15) is 19.6 Å². The Kier molecular flexibility index (Phi) is 15.3. The van der Waals surface area contributed by atoms with Gasteiger partial charge in [0.05, 0.1) is 35.1 Å². The van der Waals surface area contributed by atoms with Gasteiger partial charge >= 0.3 is 0 Å². The first-order chi connectivity index (χ1) is 35.1. The van der Waals surface area contributed by atoms with Crippen molar-refractivity contribution in [1.29, 1.82) is 5.26 Å². The smallest absolute Gasteiger partial charge is 0.254 e. The zero-order valence-corrected chi connectivity index (χ0v) is 44.2. The normalized spacial score (nSPS) is 22.3. The van der Waals surface area contributed by atoms with Crippen molar-refractivity contribution in [3.8, 4) is 17.6 Å². The van der Waals surface area contributed by atoms with E-state index in [2.05, 4.69) is 86.3 Å². The number of carbonyl (C=O) groups excluding carboxylic acids is 3. The van der Waals surface area contributed by atoms with E-state index in [-0.39, 0.29) is 58.8 Å². The lowest BCUT2D eigenvalue weighted by Gasteiger charge is -2.63. The van der Waals surface area contributed by atoms with Gasteiger partial charge in [0, 0.05) is 86.2 Å². The van der Waals surface area contributed by atoms with Crippen LogP contribution in [0.25, 0.3) is 0 Å². The minimum absolute atomic E-state index is 0.0750. The highest BCUT2D eigenvalue weighted by Gasteiger charge is 2.64. The van der Waals surface area contributed by atoms with Crippen LogP contribution in [0.1, 0.15) is 132 Å². The molecule has 2 aromatic heterocycles. The molecule has 5 heterocycles. The minimum Gasteiger partial charge on any atom is -0.495 e. The Morgan fingerprint density at radius 1 is 0.877 bits per heavy atom. The van der Waals surface area contributed by atoms with Crippen LogP contribution >= 0.6 is 11.6 Å². The number of anilines is 5. The number of nitriles is 1. The first-order valence-corrected chi connectivity index (χ1v) is 26.6. The maximum atomic E-state index is 13.5. The van der Waals surface area contributed by atoms with Crippen LogP contribution in [0.5, 0.6) is 11.5 Å². The van der Waals surface area contributed by atoms with E-state index in [4.69, 9.17) is 26.1 Å². The molecule has 9 rings (SSSR count). The number of ether oxygens (including phenoxy) is 2. The molecule has 3 aliphatic heterocycles. The summed E-state index contributed by atoms with van der Waals surface area (Å²) < 4.78 is 12.1. The number of methoxy groups -OCH3 is 1. The standard InChI is InChI=1S/C55H71ClN12O5/c1-8-43-49(71)65(6)44-33-58-52(63-46(44)68(43)39-13-9-10-14-39)62-42-18-16-35(28-45(42)72-7)47(69)61-38-21-24-66(25-22-38)23-11-12-34-19-26-67(27-20-34)53-59-31-37(32-60-53)48(70)64-50-54(2,3)51(55(50,4)5)73-40-17-15-36(30-57)41(56)29-40/h15-18,28-29,31-34,38-39,43,50-51H,8-14,19-27H2,1-7H3,(H,61,69)(H,64,70)(H,58,62,63)/t43-,50?,51?/m1/s1. The van der Waals surface area contributed by atoms with Gasteiger partial charge in [0.15, 0.2) is 5.82 Å². The Bertz CT molecular complexity index is 2680. The van der Waals surface area contributed by atoms with Crippen molar-refractivity contribution in [1.82, 2.24) is 35.5 Å². The fourth-order valence-electron chi connectivity index (χ4n) is 12.5. The zero-order chi connectivity index (χ0) is 51.6. The summed E-state index contributed by atoms with van der Waals surface area (Å²) in [6.07, 6.45) is 16.1. The van der Waals surface area contributed by atoms with E-state index >= 15 is 0 Å². The second kappa shape index (κ2) is 21.7. The van der Waals surface area contributed by atoms with Crippen molar-refractivity contribution < 1.29 is 23.9 Å². The van der Waals surface area contributed by atoms with Crippen molar-refractivity contribution >= 4 is 58.4 Å². The van der Waals surface area contributed by atoms with Gasteiger partial charge in [0.25, 0.3) is 11.8 Å². The minimum atomic E-state index is -0.380. The number of carbonyl (C=O) groups is 3. The largest absolute Gasteiger partial charge is 0.495 e. The number of rotatable bonds is 16. The number of hydrogen-bond acceptors (Lipinski definition) is 14. The first-order valence-electron chi connectivity index (χ1n) is 26.2. The Morgan fingerprint density at radius 2 is 1.58 bits per heavy atom. The summed E-state index contributed by atoms with van der Waals surface area (Å²) in [5.41, 5.74) is 1.94. The van der Waals surface area contributed by atoms with Crippen molar-refractivity contribution in [3.05, 3.63) is 76.7 Å². The average molecular weight is 1020 g/mol. The summed E-state index contributed by atoms with van der Waals surface area (Å²) in [5, 5.41) is 19.4. The van der Waals surface area contributed by atoms with Gasteiger partial charge in [-0.3, -0.25) is 14.4 Å². The maximum Gasteiger partial charge on any atom is 0.254 e. The first kappa shape index (κ1) is 51.6. The van der Waals surface area contributed by atoms with E-state index in [0.717, 1.165) is 96.3 Å². The summed E-state index contributed by atoms with van der Waals surface area (Å²) >= 11 is 6.27. The van der Waals surface area contributed by atoms with Crippen LogP contribution in [0.3, 0.4) is 0 Å². The number of aromatic nitrogens is 4. The summed E-state index contributed by atoms with van der Waals surface area (Å²) in [5.74, 6) is 3.31. The Morgan fingerprint density at radius 3 is 2.23 bits per heavy atom. The van der Waals surface area contributed by atoms with Crippen LogP contribution in [0.2, 0.25) is 5.02 Å². The lowest BCUT2D eigenvalue weighted by molar-refractivity contribution is -0.164. The quantitative estimate of drug-likeness (QED) is 0.0966. The van der Waals surface area contributed by atoms with Crippen LogP contribution in [0.15, 0.2) is 55.0 Å². The maximum absolute atomic E-state index is 13.5. The van der Waals surface area contributed by atoms with Gasteiger partial charge in [-0.2, -0.15) is 10.2 Å². The number of halogens is 1. The molecule has 3 amide bonds. The molecule has 3 N–H and O–H groups in total. The van der Waals surface area contributed by atoms with Crippen LogP contribution in [-0.2, 0) is 4.79 Å². The molecule has 5 aliphatic rings. The van der Waals surface area contributed by atoms with Crippen LogP contribution < -0.4 is 40.1 Å². The summed E-state index contributed by atoms with van der Waals surface area (Å²) in [7, 11) is 3.38. The van der Waals surface area contributed by atoms with Gasteiger partial charge in [-0.15, -0.1) is 0 Å². The molecule has 73 heavy (non-hydrogen) atoms. The van der Waals surface area contributed by atoms with Crippen molar-refractivity contribution in [2.75, 3.05) is 66.9 Å². The predicted octanol–water partition coefficient (Wildman–Crippen LogP) is 8.55. The number of fused-ring (bicyclic) bond motifs is 1. The molecule has 0 bridgehead atoms. The highest BCUT2D eigenvalue weighted by atomic mass is 35.5. The number of hydrogen-bond donors (Lipinski definition) is 3. The van der Waals surface area contributed by atoms with Gasteiger partial charge in [-0.25, -0.2) is 15.0 Å². The van der Waals surface area contributed by atoms with E-state index in [1.54, 1.807) is 68.0 Å². The number of likely N-dealkylation sites (tertiary alicyclic amines) is 1.